The molecule has 0 saturated heterocycles. The Bertz CT molecular complexity index is 125. The molecule has 0 saturated carbocycles. The van der Waals surface area contributed by atoms with Gasteiger partial charge in [0, 0.05) is 6.61 Å². The van der Waals surface area contributed by atoms with Crippen molar-refractivity contribution in [1.29, 1.82) is 0 Å². The van der Waals surface area contributed by atoms with Gasteiger partial charge in [-0.1, -0.05) is 0 Å². The van der Waals surface area contributed by atoms with Crippen molar-refractivity contribution in [1.82, 2.24) is 0 Å². The highest BCUT2D eigenvalue weighted by molar-refractivity contribution is 7.80. The fraction of sp³-hybridized carbons (Fsp3) is 1.00. The number of aliphatic hydroxyl groups excluding tert-OH is 1. The fourth-order valence-electron chi connectivity index (χ4n) is 0. The van der Waals surface area contributed by atoms with E-state index in [1.54, 1.807) is 6.92 Å². The Morgan fingerprint density at radius 1 is 1.56 bits per heavy atom. The number of rotatable bonds is 1. The van der Waals surface area contributed by atoms with Crippen LogP contribution in [0.15, 0.2) is 0 Å². The Kier molecular flexibility index (Phi) is 7.68. The van der Waals surface area contributed by atoms with Crippen LogP contribution in [0.5, 0.6) is 0 Å². The summed E-state index contributed by atoms with van der Waals surface area (Å²) in [6, 6.07) is 0. The summed E-state index contributed by atoms with van der Waals surface area (Å²) < 4.78 is 29.7. The summed E-state index contributed by atoms with van der Waals surface area (Å²) in [4.78, 5) is 0. The predicted octanol–water partition coefficient (Wildman–Crippen LogP) is -0.566. The molecule has 2 N–H and O–H groups in total. The van der Waals surface area contributed by atoms with Crippen LogP contribution in [0.25, 0.3) is 0 Å². The lowest BCUT2D eigenvalue weighted by molar-refractivity contribution is 0.318. The van der Waals surface area contributed by atoms with Crippen LogP contribution in [0.4, 0.5) is 0 Å². The molecular formula is C3H10O5S. The third-order valence-corrected chi connectivity index (χ3v) is 0.632. The van der Waals surface area contributed by atoms with E-state index in [0.29, 0.717) is 0 Å². The van der Waals surface area contributed by atoms with Crippen molar-refractivity contribution in [3.63, 3.8) is 0 Å². The molecule has 5 nitrogen and oxygen atoms in total. The van der Waals surface area contributed by atoms with E-state index in [0.717, 1.165) is 7.11 Å². The lowest BCUT2D eigenvalue weighted by Gasteiger charge is -1.82. The van der Waals surface area contributed by atoms with Gasteiger partial charge in [-0.25, -0.2) is 0 Å². The van der Waals surface area contributed by atoms with Gasteiger partial charge in [0.2, 0.25) is 0 Å². The Balaban J connectivity index is 0. The zero-order valence-electron chi connectivity index (χ0n) is 5.23. The lowest BCUT2D eigenvalue weighted by Crippen LogP contribution is -1.96. The summed E-state index contributed by atoms with van der Waals surface area (Å²) in [6.07, 6.45) is 0. The van der Waals surface area contributed by atoms with Gasteiger partial charge in [0.05, 0.1) is 7.11 Å². The molecule has 0 aromatic heterocycles. The molecule has 0 unspecified atom stereocenters. The molecule has 0 amide bonds. The first-order chi connectivity index (χ1) is 3.97. The summed E-state index contributed by atoms with van der Waals surface area (Å²) in [5, 5.41) is 7.57. The average molecular weight is 158 g/mol. The second-order valence-electron chi connectivity index (χ2n) is 0.911. The van der Waals surface area contributed by atoms with Gasteiger partial charge >= 0.3 is 10.4 Å². The number of aliphatic hydroxyl groups is 1. The molecule has 0 bridgehead atoms. The second-order valence-corrected chi connectivity index (χ2v) is 2.10. The van der Waals surface area contributed by atoms with Crippen LogP contribution < -0.4 is 0 Å². The minimum Gasteiger partial charge on any atom is -0.397 e. The summed E-state index contributed by atoms with van der Waals surface area (Å²) in [5.74, 6) is 0. The first-order valence-electron chi connectivity index (χ1n) is 2.11. The molecule has 0 aromatic rings. The third-order valence-electron chi connectivity index (χ3n) is 0.211. The first kappa shape index (κ1) is 11.6. The Hall–Kier alpha value is -0.170. The van der Waals surface area contributed by atoms with Crippen molar-refractivity contribution in [2.24, 2.45) is 0 Å². The van der Waals surface area contributed by atoms with Crippen LogP contribution >= 0.6 is 0 Å². The highest BCUT2D eigenvalue weighted by Crippen LogP contribution is 1.74. The smallest absolute Gasteiger partial charge is 0.397 e. The van der Waals surface area contributed by atoms with Crippen LogP contribution in [-0.4, -0.2) is 31.8 Å². The first-order valence-corrected chi connectivity index (χ1v) is 3.48. The lowest BCUT2D eigenvalue weighted by atomic mass is 10.9. The third kappa shape index (κ3) is 33.2. The topological polar surface area (TPSA) is 83.8 Å². The highest BCUT2D eigenvalue weighted by Gasteiger charge is 1.93. The van der Waals surface area contributed by atoms with E-state index in [-0.39, 0.29) is 6.61 Å². The number of hydrogen-bond acceptors (Lipinski definition) is 4. The van der Waals surface area contributed by atoms with Gasteiger partial charge in [0.1, 0.15) is 0 Å². The van der Waals surface area contributed by atoms with Crippen molar-refractivity contribution in [2.75, 3.05) is 13.7 Å². The van der Waals surface area contributed by atoms with Gasteiger partial charge in [-0.3, -0.25) is 8.74 Å². The molecule has 6 heteroatoms. The van der Waals surface area contributed by atoms with Crippen molar-refractivity contribution in [3.05, 3.63) is 0 Å². The average Bonchev–Trinajstić information content (AvgIpc) is 1.67. The van der Waals surface area contributed by atoms with Gasteiger partial charge in [0.15, 0.2) is 0 Å². The maximum Gasteiger partial charge on any atom is 0.397 e. The maximum atomic E-state index is 9.33. The zero-order chi connectivity index (χ0) is 7.91. The molecule has 0 fully saturated rings. The van der Waals surface area contributed by atoms with Crippen LogP contribution in [0.1, 0.15) is 6.92 Å². The predicted molar refractivity (Wildman–Crippen MR) is 31.3 cm³/mol. The normalized spacial score (nSPS) is 9.78. The SMILES string of the molecule is CCO.COS(=O)(=O)O. The van der Waals surface area contributed by atoms with Gasteiger partial charge in [-0.2, -0.15) is 8.42 Å². The minimum atomic E-state index is -4.16. The molecule has 0 radical (unpaired) electrons. The van der Waals surface area contributed by atoms with Crippen LogP contribution in [-0.2, 0) is 14.6 Å². The van der Waals surface area contributed by atoms with Crippen molar-refractivity contribution in [2.45, 2.75) is 6.92 Å². The highest BCUT2D eigenvalue weighted by atomic mass is 32.3. The fourth-order valence-corrected chi connectivity index (χ4v) is 0. The zero-order valence-corrected chi connectivity index (χ0v) is 6.05. The quantitative estimate of drug-likeness (QED) is 0.499. The molecule has 58 valence electrons. The van der Waals surface area contributed by atoms with Crippen molar-refractivity contribution in [3.8, 4) is 0 Å². The van der Waals surface area contributed by atoms with E-state index >= 15 is 0 Å². The monoisotopic (exact) mass is 158 g/mol. The second kappa shape index (κ2) is 5.96. The van der Waals surface area contributed by atoms with E-state index in [4.69, 9.17) is 9.66 Å². The minimum absolute atomic E-state index is 0.250. The summed E-state index contributed by atoms with van der Waals surface area (Å²) >= 11 is 0. The molecule has 0 rings (SSSR count). The largest absolute Gasteiger partial charge is 0.397 e. The van der Waals surface area contributed by atoms with E-state index < -0.39 is 10.4 Å². The molecule has 0 heterocycles. The molecule has 0 atom stereocenters. The maximum absolute atomic E-state index is 9.33. The van der Waals surface area contributed by atoms with Gasteiger partial charge in [0.25, 0.3) is 0 Å². The molecule has 0 spiro atoms. The van der Waals surface area contributed by atoms with E-state index in [9.17, 15) is 8.42 Å². The van der Waals surface area contributed by atoms with Crippen molar-refractivity contribution < 1.29 is 22.3 Å². The van der Waals surface area contributed by atoms with Gasteiger partial charge < -0.3 is 5.11 Å². The van der Waals surface area contributed by atoms with Crippen LogP contribution in [0.3, 0.4) is 0 Å². The van der Waals surface area contributed by atoms with Gasteiger partial charge in [-0.15, -0.1) is 0 Å². The standard InChI is InChI=1S/C2H6O.CH4O4S/c1-2-3;1-5-6(2,3)4/h3H,2H2,1H3;1H3,(H,2,3,4). The summed E-state index contributed by atoms with van der Waals surface area (Å²) in [7, 11) is -3.29. The molecule has 0 aliphatic carbocycles. The molecule has 0 aromatic carbocycles. The van der Waals surface area contributed by atoms with E-state index in [1.165, 1.54) is 0 Å². The van der Waals surface area contributed by atoms with Crippen LogP contribution in [0.2, 0.25) is 0 Å². The number of hydrogen-bond donors (Lipinski definition) is 2. The molecule has 9 heavy (non-hydrogen) atoms. The Morgan fingerprint density at radius 3 is 1.67 bits per heavy atom. The Labute approximate surface area is 54.2 Å². The van der Waals surface area contributed by atoms with E-state index in [2.05, 4.69) is 4.18 Å². The molecule has 0 aliphatic heterocycles. The van der Waals surface area contributed by atoms with Crippen LogP contribution in [0, 0.1) is 0 Å². The molecule has 0 aliphatic rings. The van der Waals surface area contributed by atoms with Gasteiger partial charge in [-0.05, 0) is 6.92 Å². The summed E-state index contributed by atoms with van der Waals surface area (Å²) in [5.41, 5.74) is 0. The Morgan fingerprint density at radius 2 is 1.67 bits per heavy atom. The van der Waals surface area contributed by atoms with E-state index in [1.807, 2.05) is 0 Å². The van der Waals surface area contributed by atoms with Crippen molar-refractivity contribution >= 4 is 10.4 Å². The summed E-state index contributed by atoms with van der Waals surface area (Å²) in [6.45, 7) is 1.93. The molecular weight excluding hydrogens is 148 g/mol.